The van der Waals surface area contributed by atoms with Crippen molar-refractivity contribution in [1.82, 2.24) is 0 Å². The van der Waals surface area contributed by atoms with Crippen LogP contribution in [0.5, 0.6) is 0 Å². The molecule has 0 fully saturated rings. The van der Waals surface area contributed by atoms with Gasteiger partial charge in [-0.25, -0.2) is 17.6 Å². The van der Waals surface area contributed by atoms with E-state index in [1.807, 2.05) is 37.3 Å². The summed E-state index contributed by atoms with van der Waals surface area (Å²) < 4.78 is 50.4. The molecule has 20 heavy (non-hydrogen) atoms. The van der Waals surface area contributed by atoms with Crippen LogP contribution in [0.2, 0.25) is 0 Å². The largest absolute Gasteiger partial charge is 0.307 e. The van der Waals surface area contributed by atoms with E-state index in [-0.39, 0.29) is 6.42 Å². The summed E-state index contributed by atoms with van der Waals surface area (Å²) in [4.78, 5) is 0. The molecule has 4 heteroatoms. The molecular weight excluding hydrogens is 268 g/mol. The highest BCUT2D eigenvalue weighted by molar-refractivity contribution is 5.76. The van der Waals surface area contributed by atoms with Gasteiger partial charge in [-0.1, -0.05) is 55.5 Å². The van der Waals surface area contributed by atoms with Crippen LogP contribution < -0.4 is 0 Å². The monoisotopic (exact) mass is 286 g/mol. The molecule has 1 aromatic rings. The molecule has 0 N–H and O–H groups in total. The molecule has 0 aliphatic rings. The van der Waals surface area contributed by atoms with Gasteiger partial charge in [0.25, 0.3) is 0 Å². The Labute approximate surface area is 116 Å². The van der Waals surface area contributed by atoms with E-state index in [1.165, 1.54) is 0 Å². The minimum Gasteiger partial charge on any atom is -0.204 e. The van der Waals surface area contributed by atoms with E-state index in [0.717, 1.165) is 11.1 Å². The van der Waals surface area contributed by atoms with Gasteiger partial charge in [-0.2, -0.15) is 0 Å². The first-order valence-electron chi connectivity index (χ1n) is 6.48. The highest BCUT2D eigenvalue weighted by atomic mass is 19.3. The van der Waals surface area contributed by atoms with Gasteiger partial charge in [0.05, 0.1) is 0 Å². The van der Waals surface area contributed by atoms with Crippen LogP contribution in [-0.4, -0.2) is 12.3 Å². The zero-order valence-electron chi connectivity index (χ0n) is 11.4. The number of benzene rings is 1. The van der Waals surface area contributed by atoms with Crippen LogP contribution in [0.4, 0.5) is 17.6 Å². The van der Waals surface area contributed by atoms with Crippen LogP contribution in [-0.2, 0) is 0 Å². The smallest absolute Gasteiger partial charge is 0.204 e. The van der Waals surface area contributed by atoms with Gasteiger partial charge in [0.15, 0.2) is 0 Å². The normalized spacial score (nSPS) is 13.3. The van der Waals surface area contributed by atoms with E-state index >= 15 is 0 Å². The molecule has 0 saturated carbocycles. The lowest BCUT2D eigenvalue weighted by atomic mass is 9.94. The van der Waals surface area contributed by atoms with Crippen molar-refractivity contribution in [3.8, 4) is 0 Å². The summed E-state index contributed by atoms with van der Waals surface area (Å²) in [5, 5.41) is 0. The molecule has 0 unspecified atom stereocenters. The van der Waals surface area contributed by atoms with Crippen molar-refractivity contribution in [2.45, 2.75) is 38.5 Å². The zero-order valence-corrected chi connectivity index (χ0v) is 11.4. The van der Waals surface area contributed by atoms with E-state index in [2.05, 4.69) is 6.58 Å². The standard InChI is InChI=1S/C16H18F4/c1-3-12(10-11-16(19,20)15(17)18)14(4-2)13-8-6-5-7-9-13/h4-9,15H,2-3,10-11H2,1H3/b14-12+. The van der Waals surface area contributed by atoms with Gasteiger partial charge in [0.1, 0.15) is 0 Å². The Morgan fingerprint density at radius 1 is 1.25 bits per heavy atom. The Morgan fingerprint density at radius 3 is 2.30 bits per heavy atom. The van der Waals surface area contributed by atoms with Crippen LogP contribution in [0.3, 0.4) is 0 Å². The summed E-state index contributed by atoms with van der Waals surface area (Å²) in [6.07, 6.45) is -2.42. The molecule has 0 spiro atoms. The third-order valence-corrected chi connectivity index (χ3v) is 3.18. The average molecular weight is 286 g/mol. The van der Waals surface area contributed by atoms with Crippen LogP contribution >= 0.6 is 0 Å². The highest BCUT2D eigenvalue weighted by Gasteiger charge is 2.40. The molecule has 0 bridgehead atoms. The maximum absolute atomic E-state index is 13.0. The lowest BCUT2D eigenvalue weighted by Gasteiger charge is -2.17. The maximum atomic E-state index is 13.0. The summed E-state index contributed by atoms with van der Waals surface area (Å²) in [5.41, 5.74) is 2.32. The van der Waals surface area contributed by atoms with Gasteiger partial charge in [-0.3, -0.25) is 0 Å². The number of allylic oxidation sites excluding steroid dienone is 3. The van der Waals surface area contributed by atoms with Crippen molar-refractivity contribution in [3.05, 3.63) is 54.1 Å². The van der Waals surface area contributed by atoms with E-state index in [9.17, 15) is 17.6 Å². The summed E-state index contributed by atoms with van der Waals surface area (Å²) in [7, 11) is 0. The maximum Gasteiger partial charge on any atom is 0.307 e. The first-order valence-corrected chi connectivity index (χ1v) is 6.48. The van der Waals surface area contributed by atoms with Gasteiger partial charge in [0, 0.05) is 6.42 Å². The first-order chi connectivity index (χ1) is 9.42. The van der Waals surface area contributed by atoms with Crippen LogP contribution in [0.25, 0.3) is 5.57 Å². The van der Waals surface area contributed by atoms with Gasteiger partial charge < -0.3 is 0 Å². The lowest BCUT2D eigenvalue weighted by molar-refractivity contribution is -0.132. The van der Waals surface area contributed by atoms with E-state index in [0.29, 0.717) is 12.0 Å². The van der Waals surface area contributed by atoms with Crippen LogP contribution in [0.1, 0.15) is 31.7 Å². The Morgan fingerprint density at radius 2 is 1.85 bits per heavy atom. The highest BCUT2D eigenvalue weighted by Crippen LogP contribution is 2.33. The molecule has 0 aliphatic heterocycles. The Kier molecular flexibility index (Phi) is 5.99. The van der Waals surface area contributed by atoms with Crippen molar-refractivity contribution in [1.29, 1.82) is 0 Å². The molecule has 0 atom stereocenters. The average Bonchev–Trinajstić information content (AvgIpc) is 2.44. The summed E-state index contributed by atoms with van der Waals surface area (Å²) in [5.74, 6) is -3.94. The molecule has 0 saturated heterocycles. The third kappa shape index (κ3) is 4.22. The second kappa shape index (κ2) is 7.27. The molecule has 0 heterocycles. The van der Waals surface area contributed by atoms with E-state index < -0.39 is 18.8 Å². The Hall–Kier alpha value is -1.58. The van der Waals surface area contributed by atoms with Gasteiger partial charge in [-0.15, -0.1) is 0 Å². The number of alkyl halides is 4. The van der Waals surface area contributed by atoms with Crippen molar-refractivity contribution >= 4 is 5.57 Å². The topological polar surface area (TPSA) is 0 Å². The third-order valence-electron chi connectivity index (χ3n) is 3.18. The Balaban J connectivity index is 2.97. The fourth-order valence-corrected chi connectivity index (χ4v) is 2.01. The predicted octanol–water partition coefficient (Wildman–Crippen LogP) is 5.72. The molecule has 0 nitrogen and oxygen atoms in total. The van der Waals surface area contributed by atoms with Crippen molar-refractivity contribution in [2.75, 3.05) is 0 Å². The molecule has 1 rings (SSSR count). The molecule has 0 radical (unpaired) electrons. The quantitative estimate of drug-likeness (QED) is 0.444. The number of halogens is 4. The van der Waals surface area contributed by atoms with E-state index in [4.69, 9.17) is 0 Å². The first kappa shape index (κ1) is 16.5. The number of hydrogen-bond donors (Lipinski definition) is 0. The second-order valence-corrected chi connectivity index (χ2v) is 4.50. The lowest BCUT2D eigenvalue weighted by Crippen LogP contribution is -2.26. The van der Waals surface area contributed by atoms with E-state index in [1.54, 1.807) is 6.08 Å². The van der Waals surface area contributed by atoms with Crippen molar-refractivity contribution < 1.29 is 17.6 Å². The minimum atomic E-state index is -3.94. The van der Waals surface area contributed by atoms with Crippen molar-refractivity contribution in [2.24, 2.45) is 0 Å². The van der Waals surface area contributed by atoms with Crippen LogP contribution in [0, 0.1) is 0 Å². The molecular formula is C16H18F4. The molecule has 1 aromatic carbocycles. The second-order valence-electron chi connectivity index (χ2n) is 4.50. The summed E-state index contributed by atoms with van der Waals surface area (Å²) in [6.45, 7) is 5.51. The Bertz CT molecular complexity index is 461. The fourth-order valence-electron chi connectivity index (χ4n) is 2.01. The fraction of sp³-hybridized carbons (Fsp3) is 0.375. The molecule has 110 valence electrons. The predicted molar refractivity (Wildman–Crippen MR) is 74.0 cm³/mol. The number of rotatable bonds is 7. The molecule has 0 amide bonds. The molecule has 0 aliphatic carbocycles. The summed E-state index contributed by atoms with van der Waals surface area (Å²) in [6, 6.07) is 9.20. The van der Waals surface area contributed by atoms with Crippen molar-refractivity contribution in [3.63, 3.8) is 0 Å². The van der Waals surface area contributed by atoms with Gasteiger partial charge in [0.2, 0.25) is 0 Å². The van der Waals surface area contributed by atoms with Gasteiger partial charge in [-0.05, 0) is 24.0 Å². The number of hydrogen-bond acceptors (Lipinski definition) is 0. The molecule has 0 aromatic heterocycles. The minimum absolute atomic E-state index is 0.0654. The van der Waals surface area contributed by atoms with Gasteiger partial charge >= 0.3 is 12.3 Å². The SMILES string of the molecule is C=C/C(=C(/CC)CCC(F)(F)C(F)F)c1ccccc1. The van der Waals surface area contributed by atoms with Crippen LogP contribution in [0.15, 0.2) is 48.6 Å². The summed E-state index contributed by atoms with van der Waals surface area (Å²) >= 11 is 0. The zero-order chi connectivity index (χ0) is 15.2.